The molecule has 7 nitrogen and oxygen atoms in total. The number of carbonyl (C=O) groups is 2. The second-order valence-corrected chi connectivity index (χ2v) is 7.59. The SMILES string of the molecule is Cn1ccnc1C(=O)c1ccc(NC(=O)c2nc(-c3ccccc3)oc2C2CC2)cc1. The van der Waals surface area contributed by atoms with Gasteiger partial charge < -0.3 is 14.3 Å². The second kappa shape index (κ2) is 7.68. The Labute approximate surface area is 178 Å². The van der Waals surface area contributed by atoms with Crippen LogP contribution in [0.1, 0.15) is 51.2 Å². The third-order valence-corrected chi connectivity index (χ3v) is 5.27. The lowest BCUT2D eigenvalue weighted by Gasteiger charge is -2.06. The number of hydrogen-bond donors (Lipinski definition) is 1. The molecule has 0 saturated heterocycles. The molecular weight excluding hydrogens is 392 g/mol. The van der Waals surface area contributed by atoms with Crippen LogP contribution >= 0.6 is 0 Å². The predicted molar refractivity (Wildman–Crippen MR) is 115 cm³/mol. The zero-order valence-electron chi connectivity index (χ0n) is 16.9. The van der Waals surface area contributed by atoms with Crippen LogP contribution in [0.3, 0.4) is 0 Å². The molecule has 154 valence electrons. The molecule has 0 bridgehead atoms. The Balaban J connectivity index is 1.36. The number of rotatable bonds is 6. The second-order valence-electron chi connectivity index (χ2n) is 7.59. The average molecular weight is 412 g/mol. The molecule has 0 atom stereocenters. The van der Waals surface area contributed by atoms with Gasteiger partial charge in [-0.15, -0.1) is 0 Å². The standard InChI is InChI=1S/C24H20N4O3/c1-28-14-13-25-22(28)20(29)15-9-11-18(12-10-15)26-23(30)19-21(16-7-8-16)31-24(27-19)17-5-3-2-4-6-17/h2-6,9-14,16H,7-8H2,1H3,(H,26,30). The van der Waals surface area contributed by atoms with Gasteiger partial charge in [0.05, 0.1) is 0 Å². The summed E-state index contributed by atoms with van der Waals surface area (Å²) in [5.74, 6) is 1.19. The molecular formula is C24H20N4O3. The molecule has 5 rings (SSSR count). The monoisotopic (exact) mass is 412 g/mol. The summed E-state index contributed by atoms with van der Waals surface area (Å²) in [6, 6.07) is 16.3. The van der Waals surface area contributed by atoms with Crippen LogP contribution < -0.4 is 5.32 Å². The maximum atomic E-state index is 12.9. The average Bonchev–Trinajstić information content (AvgIpc) is 3.39. The lowest BCUT2D eigenvalue weighted by Crippen LogP contribution is -2.14. The van der Waals surface area contributed by atoms with E-state index < -0.39 is 0 Å². The molecule has 0 aliphatic heterocycles. The van der Waals surface area contributed by atoms with Crippen molar-refractivity contribution in [2.24, 2.45) is 7.05 Å². The zero-order valence-corrected chi connectivity index (χ0v) is 16.9. The molecule has 7 heteroatoms. The molecule has 2 heterocycles. The number of nitrogens with one attached hydrogen (secondary N) is 1. The largest absolute Gasteiger partial charge is 0.440 e. The van der Waals surface area contributed by atoms with Gasteiger partial charge in [-0.3, -0.25) is 9.59 Å². The Bertz CT molecular complexity index is 1250. The van der Waals surface area contributed by atoms with E-state index in [4.69, 9.17) is 4.42 Å². The van der Waals surface area contributed by atoms with Crippen LogP contribution in [0.15, 0.2) is 71.4 Å². The van der Waals surface area contributed by atoms with E-state index in [1.807, 2.05) is 30.3 Å². The van der Waals surface area contributed by atoms with Crippen molar-refractivity contribution < 1.29 is 14.0 Å². The van der Waals surface area contributed by atoms with Crippen molar-refractivity contribution in [2.45, 2.75) is 18.8 Å². The van der Waals surface area contributed by atoms with Crippen LogP contribution in [0.4, 0.5) is 5.69 Å². The minimum atomic E-state index is -0.323. The molecule has 31 heavy (non-hydrogen) atoms. The number of nitrogens with zero attached hydrogens (tertiary/aromatic N) is 3. The normalized spacial score (nSPS) is 13.2. The zero-order chi connectivity index (χ0) is 21.4. The Morgan fingerprint density at radius 1 is 1.06 bits per heavy atom. The molecule has 1 aliphatic carbocycles. The fraction of sp³-hybridized carbons (Fsp3) is 0.167. The van der Waals surface area contributed by atoms with E-state index in [-0.39, 0.29) is 17.6 Å². The molecule has 1 N–H and O–H groups in total. The smallest absolute Gasteiger partial charge is 0.277 e. The van der Waals surface area contributed by atoms with E-state index in [0.717, 1.165) is 18.4 Å². The molecule has 0 unspecified atom stereocenters. The van der Waals surface area contributed by atoms with Crippen LogP contribution in [0.5, 0.6) is 0 Å². The van der Waals surface area contributed by atoms with E-state index in [9.17, 15) is 9.59 Å². The van der Waals surface area contributed by atoms with E-state index in [1.165, 1.54) is 0 Å². The third kappa shape index (κ3) is 3.77. The minimum Gasteiger partial charge on any atom is -0.440 e. The predicted octanol–water partition coefficient (Wildman–Crippen LogP) is 4.44. The van der Waals surface area contributed by atoms with Crippen LogP contribution in [-0.4, -0.2) is 26.2 Å². The summed E-state index contributed by atoms with van der Waals surface area (Å²) in [5, 5.41) is 2.86. The van der Waals surface area contributed by atoms with E-state index in [2.05, 4.69) is 15.3 Å². The summed E-state index contributed by atoms with van der Waals surface area (Å²) >= 11 is 0. The Morgan fingerprint density at radius 2 is 1.81 bits per heavy atom. The highest BCUT2D eigenvalue weighted by Crippen LogP contribution is 2.43. The quantitative estimate of drug-likeness (QED) is 0.473. The lowest BCUT2D eigenvalue weighted by molar-refractivity contribution is 0.101. The topological polar surface area (TPSA) is 90.0 Å². The van der Waals surface area contributed by atoms with E-state index >= 15 is 0 Å². The van der Waals surface area contributed by atoms with Gasteiger partial charge in [-0.1, -0.05) is 18.2 Å². The van der Waals surface area contributed by atoms with Crippen molar-refractivity contribution in [3.05, 3.63) is 89.8 Å². The molecule has 1 aliphatic rings. The maximum absolute atomic E-state index is 12.9. The van der Waals surface area contributed by atoms with Gasteiger partial charge in [-0.25, -0.2) is 9.97 Å². The highest BCUT2D eigenvalue weighted by atomic mass is 16.4. The van der Waals surface area contributed by atoms with Gasteiger partial charge in [0.15, 0.2) is 11.5 Å². The van der Waals surface area contributed by atoms with Crippen LogP contribution in [0, 0.1) is 0 Å². The van der Waals surface area contributed by atoms with Gasteiger partial charge in [0.25, 0.3) is 5.91 Å². The molecule has 1 fully saturated rings. The first kappa shape index (κ1) is 19.0. The first-order valence-corrected chi connectivity index (χ1v) is 10.1. The number of oxazole rings is 1. The summed E-state index contributed by atoms with van der Waals surface area (Å²) < 4.78 is 7.63. The number of benzene rings is 2. The fourth-order valence-corrected chi connectivity index (χ4v) is 3.43. The van der Waals surface area contributed by atoms with Gasteiger partial charge in [-0.2, -0.15) is 0 Å². The number of carbonyl (C=O) groups excluding carboxylic acids is 2. The lowest BCUT2D eigenvalue weighted by atomic mass is 10.1. The summed E-state index contributed by atoms with van der Waals surface area (Å²) in [7, 11) is 1.77. The summed E-state index contributed by atoms with van der Waals surface area (Å²) in [5.41, 5.74) is 2.22. The number of amides is 1. The van der Waals surface area contributed by atoms with Crippen molar-refractivity contribution in [3.8, 4) is 11.5 Å². The van der Waals surface area contributed by atoms with Crippen molar-refractivity contribution in [1.82, 2.24) is 14.5 Å². The number of anilines is 1. The molecule has 0 radical (unpaired) electrons. The minimum absolute atomic E-state index is 0.176. The van der Waals surface area contributed by atoms with Crippen molar-refractivity contribution in [3.63, 3.8) is 0 Å². The summed E-state index contributed by atoms with van der Waals surface area (Å²) in [4.78, 5) is 34.1. The molecule has 4 aromatic rings. The Morgan fingerprint density at radius 3 is 2.45 bits per heavy atom. The van der Waals surface area contributed by atoms with Crippen molar-refractivity contribution in [2.75, 3.05) is 5.32 Å². The number of aromatic nitrogens is 3. The third-order valence-electron chi connectivity index (χ3n) is 5.27. The van der Waals surface area contributed by atoms with Crippen LogP contribution in [0.25, 0.3) is 11.5 Å². The Hall–Kier alpha value is -4.00. The maximum Gasteiger partial charge on any atom is 0.277 e. The van der Waals surface area contributed by atoms with Gasteiger partial charge in [0, 0.05) is 42.2 Å². The first-order valence-electron chi connectivity index (χ1n) is 10.1. The molecule has 1 saturated carbocycles. The summed E-state index contributed by atoms with van der Waals surface area (Å²) in [6.45, 7) is 0. The van der Waals surface area contributed by atoms with Crippen LogP contribution in [-0.2, 0) is 7.05 Å². The molecule has 2 aromatic heterocycles. The van der Waals surface area contributed by atoms with Crippen molar-refractivity contribution in [1.29, 1.82) is 0 Å². The molecule has 1 amide bonds. The van der Waals surface area contributed by atoms with E-state index in [0.29, 0.717) is 34.4 Å². The van der Waals surface area contributed by atoms with Crippen molar-refractivity contribution >= 4 is 17.4 Å². The Kier molecular flexibility index (Phi) is 4.71. The highest BCUT2D eigenvalue weighted by molar-refractivity contribution is 6.07. The first-order chi connectivity index (χ1) is 15.1. The molecule has 2 aromatic carbocycles. The van der Waals surface area contributed by atoms with Gasteiger partial charge in [0.1, 0.15) is 5.76 Å². The highest BCUT2D eigenvalue weighted by Gasteiger charge is 2.34. The fourth-order valence-electron chi connectivity index (χ4n) is 3.43. The summed E-state index contributed by atoms with van der Waals surface area (Å²) in [6.07, 6.45) is 5.29. The molecule has 0 spiro atoms. The van der Waals surface area contributed by atoms with Gasteiger partial charge in [-0.05, 0) is 49.2 Å². The number of imidazole rings is 1. The number of ketones is 1. The van der Waals surface area contributed by atoms with Gasteiger partial charge in [0.2, 0.25) is 11.7 Å². The van der Waals surface area contributed by atoms with Crippen LogP contribution in [0.2, 0.25) is 0 Å². The van der Waals surface area contributed by atoms with E-state index in [1.54, 1.807) is 48.3 Å². The number of hydrogen-bond acceptors (Lipinski definition) is 5. The van der Waals surface area contributed by atoms with Gasteiger partial charge >= 0.3 is 0 Å². The number of aryl methyl sites for hydroxylation is 1.